The molecule has 0 amide bonds. The van der Waals surface area contributed by atoms with Gasteiger partial charge in [-0.05, 0) is 68.7 Å². The number of hydrazone groups is 1. The van der Waals surface area contributed by atoms with Gasteiger partial charge < -0.3 is 4.74 Å². The fourth-order valence-electron chi connectivity index (χ4n) is 4.57. The van der Waals surface area contributed by atoms with Crippen molar-refractivity contribution in [3.63, 3.8) is 0 Å². The highest BCUT2D eigenvalue weighted by atomic mass is 16.5. The summed E-state index contributed by atoms with van der Waals surface area (Å²) in [6, 6.07) is 37.8. The second-order valence-corrected chi connectivity index (χ2v) is 8.10. The molecule has 0 radical (unpaired) electrons. The van der Waals surface area contributed by atoms with Crippen molar-refractivity contribution in [2.75, 3.05) is 12.1 Å². The summed E-state index contributed by atoms with van der Waals surface area (Å²) >= 11 is 0. The van der Waals surface area contributed by atoms with E-state index < -0.39 is 0 Å². The standard InChI is InChI=1S/C30H22N2O/c1-33-27-17-15-26(16-18-27)32(25-8-3-2-4-9-25)31-20-24-13-12-23-11-10-21-6-5-7-22-14-19-28(24)30(23)29(21)22/h2-20H,1H3. The highest BCUT2D eigenvalue weighted by Gasteiger charge is 2.11. The maximum absolute atomic E-state index is 5.33. The van der Waals surface area contributed by atoms with Gasteiger partial charge in [0.2, 0.25) is 0 Å². The lowest BCUT2D eigenvalue weighted by atomic mass is 9.92. The van der Waals surface area contributed by atoms with Crippen LogP contribution < -0.4 is 9.75 Å². The Bertz CT molecular complexity index is 1570. The van der Waals surface area contributed by atoms with E-state index in [1.807, 2.05) is 53.7 Å². The van der Waals surface area contributed by atoms with Crippen LogP contribution in [0.5, 0.6) is 5.75 Å². The van der Waals surface area contributed by atoms with Crippen LogP contribution in [0.2, 0.25) is 0 Å². The average Bonchev–Trinajstić information content (AvgIpc) is 2.89. The zero-order valence-corrected chi connectivity index (χ0v) is 18.3. The van der Waals surface area contributed by atoms with Crippen LogP contribution in [0.1, 0.15) is 5.56 Å². The maximum Gasteiger partial charge on any atom is 0.119 e. The predicted octanol–water partition coefficient (Wildman–Crippen LogP) is 7.76. The Kier molecular flexibility index (Phi) is 4.66. The lowest BCUT2D eigenvalue weighted by molar-refractivity contribution is 0.415. The number of rotatable bonds is 5. The van der Waals surface area contributed by atoms with Gasteiger partial charge in [0, 0.05) is 5.56 Å². The summed E-state index contributed by atoms with van der Waals surface area (Å²) in [5, 5.41) is 14.5. The Hall–Kier alpha value is -4.37. The van der Waals surface area contributed by atoms with Gasteiger partial charge in [0.15, 0.2) is 0 Å². The third kappa shape index (κ3) is 3.35. The Morgan fingerprint density at radius 2 is 1.24 bits per heavy atom. The SMILES string of the molecule is COc1ccc(N(N=Cc2ccc3ccc4cccc5ccc2c3c45)c2ccccc2)cc1. The van der Waals surface area contributed by atoms with Gasteiger partial charge in [-0.25, -0.2) is 5.01 Å². The minimum Gasteiger partial charge on any atom is -0.497 e. The average molecular weight is 427 g/mol. The third-order valence-electron chi connectivity index (χ3n) is 6.19. The number of nitrogens with zero attached hydrogens (tertiary/aromatic N) is 2. The minimum atomic E-state index is 0.822. The maximum atomic E-state index is 5.33. The van der Waals surface area contributed by atoms with Crippen molar-refractivity contribution < 1.29 is 4.74 Å². The van der Waals surface area contributed by atoms with Crippen molar-refractivity contribution in [3.05, 3.63) is 115 Å². The van der Waals surface area contributed by atoms with Gasteiger partial charge in [0.25, 0.3) is 0 Å². The summed E-state index contributed by atoms with van der Waals surface area (Å²) in [7, 11) is 1.68. The summed E-state index contributed by atoms with van der Waals surface area (Å²) in [6.07, 6.45) is 1.96. The monoisotopic (exact) mass is 426 g/mol. The first-order valence-corrected chi connectivity index (χ1v) is 11.0. The molecule has 6 rings (SSSR count). The summed E-state index contributed by atoms with van der Waals surface area (Å²) < 4.78 is 5.33. The van der Waals surface area contributed by atoms with Crippen LogP contribution in [0.15, 0.2) is 114 Å². The van der Waals surface area contributed by atoms with E-state index >= 15 is 0 Å². The first-order chi connectivity index (χ1) is 16.3. The van der Waals surface area contributed by atoms with Crippen molar-refractivity contribution in [2.24, 2.45) is 5.10 Å². The number of benzene rings is 6. The molecule has 33 heavy (non-hydrogen) atoms. The molecular weight excluding hydrogens is 404 g/mol. The molecule has 0 aliphatic rings. The smallest absolute Gasteiger partial charge is 0.119 e. The van der Waals surface area contributed by atoms with E-state index in [1.54, 1.807) is 7.11 Å². The van der Waals surface area contributed by atoms with Crippen LogP contribution in [0.3, 0.4) is 0 Å². The number of para-hydroxylation sites is 1. The second-order valence-electron chi connectivity index (χ2n) is 8.10. The number of hydrogen-bond acceptors (Lipinski definition) is 3. The molecule has 0 aliphatic carbocycles. The molecule has 0 saturated carbocycles. The lowest BCUT2D eigenvalue weighted by Gasteiger charge is -2.20. The zero-order valence-electron chi connectivity index (χ0n) is 18.3. The van der Waals surface area contributed by atoms with Crippen molar-refractivity contribution in [1.29, 1.82) is 0 Å². The van der Waals surface area contributed by atoms with Crippen molar-refractivity contribution in [3.8, 4) is 5.75 Å². The Labute approximate surface area is 192 Å². The van der Waals surface area contributed by atoms with E-state index in [1.165, 1.54) is 32.3 Å². The molecule has 0 aliphatic heterocycles. The fraction of sp³-hybridized carbons (Fsp3) is 0.0333. The molecule has 0 aromatic heterocycles. The molecule has 6 aromatic rings. The summed E-state index contributed by atoms with van der Waals surface area (Å²) in [4.78, 5) is 0. The van der Waals surface area contributed by atoms with Gasteiger partial charge in [0.05, 0.1) is 24.7 Å². The highest BCUT2D eigenvalue weighted by molar-refractivity contribution is 6.25. The topological polar surface area (TPSA) is 24.8 Å². The van der Waals surface area contributed by atoms with Crippen LogP contribution in [0.4, 0.5) is 11.4 Å². The molecule has 0 bridgehead atoms. The molecule has 0 saturated heterocycles. The number of anilines is 2. The van der Waals surface area contributed by atoms with Crippen LogP contribution in [0.25, 0.3) is 32.3 Å². The van der Waals surface area contributed by atoms with Crippen molar-refractivity contribution in [2.45, 2.75) is 0 Å². The largest absolute Gasteiger partial charge is 0.497 e. The van der Waals surface area contributed by atoms with Crippen LogP contribution in [0, 0.1) is 0 Å². The van der Waals surface area contributed by atoms with E-state index in [2.05, 4.69) is 66.7 Å². The van der Waals surface area contributed by atoms with E-state index in [0.29, 0.717) is 0 Å². The van der Waals surface area contributed by atoms with Crippen LogP contribution in [-0.4, -0.2) is 13.3 Å². The molecule has 158 valence electrons. The third-order valence-corrected chi connectivity index (χ3v) is 6.19. The van der Waals surface area contributed by atoms with Crippen LogP contribution in [-0.2, 0) is 0 Å². The normalized spacial score (nSPS) is 11.7. The Morgan fingerprint density at radius 3 is 1.97 bits per heavy atom. The lowest BCUT2D eigenvalue weighted by Crippen LogP contribution is -2.09. The predicted molar refractivity (Wildman–Crippen MR) is 139 cm³/mol. The highest BCUT2D eigenvalue weighted by Crippen LogP contribution is 2.36. The van der Waals surface area contributed by atoms with Gasteiger partial charge in [-0.15, -0.1) is 0 Å². The Morgan fingerprint density at radius 1 is 0.606 bits per heavy atom. The quantitative estimate of drug-likeness (QED) is 0.160. The molecular formula is C30H22N2O. The van der Waals surface area contributed by atoms with E-state index in [4.69, 9.17) is 9.84 Å². The molecule has 0 atom stereocenters. The van der Waals surface area contributed by atoms with Crippen LogP contribution >= 0.6 is 0 Å². The van der Waals surface area contributed by atoms with Crippen molar-refractivity contribution >= 4 is 49.9 Å². The Balaban J connectivity index is 1.50. The molecule has 0 N–H and O–H groups in total. The minimum absolute atomic E-state index is 0.822. The first kappa shape index (κ1) is 19.3. The molecule has 3 nitrogen and oxygen atoms in total. The van der Waals surface area contributed by atoms with Gasteiger partial charge in [-0.2, -0.15) is 5.10 Å². The van der Waals surface area contributed by atoms with Gasteiger partial charge >= 0.3 is 0 Å². The van der Waals surface area contributed by atoms with Crippen molar-refractivity contribution in [1.82, 2.24) is 0 Å². The van der Waals surface area contributed by atoms with Gasteiger partial charge in [-0.3, -0.25) is 0 Å². The zero-order chi connectivity index (χ0) is 22.2. The summed E-state index contributed by atoms with van der Waals surface area (Å²) in [6.45, 7) is 0. The molecule has 0 spiro atoms. The number of methoxy groups -OCH3 is 1. The van der Waals surface area contributed by atoms with E-state index in [9.17, 15) is 0 Å². The van der Waals surface area contributed by atoms with Gasteiger partial charge in [0.1, 0.15) is 5.75 Å². The molecule has 6 aromatic carbocycles. The summed E-state index contributed by atoms with van der Waals surface area (Å²) in [5.74, 6) is 0.822. The first-order valence-electron chi connectivity index (χ1n) is 11.0. The fourth-order valence-corrected chi connectivity index (χ4v) is 4.57. The molecule has 0 unspecified atom stereocenters. The van der Waals surface area contributed by atoms with Gasteiger partial charge in [-0.1, -0.05) is 72.8 Å². The molecule has 3 heteroatoms. The molecule has 0 heterocycles. The summed E-state index contributed by atoms with van der Waals surface area (Å²) in [5.41, 5.74) is 3.06. The van der Waals surface area contributed by atoms with E-state index in [-0.39, 0.29) is 0 Å². The number of ether oxygens (including phenoxy) is 1. The molecule has 0 fully saturated rings. The number of hydrogen-bond donors (Lipinski definition) is 0. The second kappa shape index (κ2) is 7.95. The van der Waals surface area contributed by atoms with E-state index in [0.717, 1.165) is 22.7 Å².